The zero-order valence-corrected chi connectivity index (χ0v) is 7.62. The van der Waals surface area contributed by atoms with Crippen LogP contribution >= 0.6 is 0 Å². The number of benzene rings is 1. The van der Waals surface area contributed by atoms with E-state index < -0.39 is 18.0 Å². The maximum atomic E-state index is 11.8. The zero-order chi connectivity index (χ0) is 12.2. The maximum absolute atomic E-state index is 11.8. The molecule has 1 amide bonds. The summed E-state index contributed by atoms with van der Waals surface area (Å²) in [6, 6.07) is 4.23. The fraction of sp³-hybridized carbons (Fsp3) is 0.111. The van der Waals surface area contributed by atoms with Gasteiger partial charge in [-0.1, -0.05) is 6.07 Å². The molecule has 4 nitrogen and oxygen atoms in total. The zero-order valence-electron chi connectivity index (χ0n) is 7.62. The summed E-state index contributed by atoms with van der Waals surface area (Å²) in [4.78, 5) is 23.5. The van der Waals surface area contributed by atoms with Crippen molar-refractivity contribution in [2.45, 2.75) is 6.36 Å². The van der Waals surface area contributed by atoms with Crippen molar-refractivity contribution in [1.29, 1.82) is 0 Å². The van der Waals surface area contributed by atoms with Crippen molar-refractivity contribution >= 4 is 12.0 Å². The van der Waals surface area contributed by atoms with Crippen LogP contribution < -0.4 is 4.74 Å². The molecule has 0 atom stereocenters. The largest absolute Gasteiger partial charge is 0.573 e. The lowest BCUT2D eigenvalue weighted by Crippen LogP contribution is -2.17. The van der Waals surface area contributed by atoms with Gasteiger partial charge in [-0.05, 0) is 18.2 Å². The smallest absolute Gasteiger partial charge is 0.406 e. The number of hydrogen-bond acceptors (Lipinski definition) is 3. The molecule has 84 valence electrons. The molecule has 16 heavy (non-hydrogen) atoms. The normalized spacial score (nSPS) is 10.4. The molecule has 0 radical (unpaired) electrons. The van der Waals surface area contributed by atoms with Crippen molar-refractivity contribution in [3.63, 3.8) is 0 Å². The second kappa shape index (κ2) is 4.59. The molecule has 0 heterocycles. The highest BCUT2D eigenvalue weighted by Gasteiger charge is 2.31. The molecule has 0 spiro atoms. The van der Waals surface area contributed by atoms with Gasteiger partial charge in [-0.25, -0.2) is 4.79 Å². The fourth-order valence-electron chi connectivity index (χ4n) is 0.932. The minimum Gasteiger partial charge on any atom is -0.406 e. The number of alkyl halides is 3. The molecule has 0 N–H and O–H groups in total. The Bertz CT molecular complexity index is 450. The first-order valence-electron chi connectivity index (χ1n) is 3.90. The second-order valence-electron chi connectivity index (χ2n) is 2.58. The van der Waals surface area contributed by atoms with Gasteiger partial charge in [0, 0.05) is 5.56 Å². The third-order valence-corrected chi connectivity index (χ3v) is 1.46. The molecule has 0 fully saturated rings. The highest BCUT2D eigenvalue weighted by Crippen LogP contribution is 2.23. The minimum absolute atomic E-state index is 0.190. The van der Waals surface area contributed by atoms with Crippen LogP contribution in [-0.4, -0.2) is 18.3 Å². The summed E-state index contributed by atoms with van der Waals surface area (Å²) in [6.07, 6.45) is -3.84. The number of rotatable bonds is 2. The first kappa shape index (κ1) is 11.9. The molecule has 0 unspecified atom stereocenters. The van der Waals surface area contributed by atoms with Gasteiger partial charge >= 0.3 is 6.36 Å². The fourth-order valence-corrected chi connectivity index (χ4v) is 0.932. The lowest BCUT2D eigenvalue weighted by atomic mass is 10.2. The molecule has 0 aliphatic carbocycles. The molecule has 1 rings (SSSR count). The van der Waals surface area contributed by atoms with Crippen LogP contribution in [0.2, 0.25) is 0 Å². The summed E-state index contributed by atoms with van der Waals surface area (Å²) in [5, 5.41) is 0. The number of isocyanates is 1. The van der Waals surface area contributed by atoms with Gasteiger partial charge in [-0.3, -0.25) is 4.79 Å². The van der Waals surface area contributed by atoms with Gasteiger partial charge in [0.25, 0.3) is 5.91 Å². The Hall–Kier alpha value is -2.14. The molecule has 7 heteroatoms. The van der Waals surface area contributed by atoms with E-state index in [2.05, 4.69) is 9.73 Å². The van der Waals surface area contributed by atoms with Gasteiger partial charge in [0.1, 0.15) is 5.75 Å². The summed E-state index contributed by atoms with van der Waals surface area (Å²) < 4.78 is 39.1. The summed E-state index contributed by atoms with van der Waals surface area (Å²) >= 11 is 0. The molecule has 0 saturated heterocycles. The van der Waals surface area contributed by atoms with Crippen molar-refractivity contribution < 1.29 is 27.5 Å². The van der Waals surface area contributed by atoms with E-state index in [0.29, 0.717) is 0 Å². The number of carbonyl (C=O) groups excluding carboxylic acids is 2. The van der Waals surface area contributed by atoms with Crippen LogP contribution in [-0.2, 0) is 4.79 Å². The van der Waals surface area contributed by atoms with Crippen LogP contribution in [0.1, 0.15) is 10.4 Å². The standard InChI is InChI=1S/C9H4F3NO3/c10-9(11,12)16-7-3-1-2-6(4-7)8(15)13-5-14/h1-4H. The molecule has 0 bridgehead atoms. The Kier molecular flexibility index (Phi) is 3.42. The van der Waals surface area contributed by atoms with Gasteiger partial charge in [0.15, 0.2) is 0 Å². The minimum atomic E-state index is -4.84. The maximum Gasteiger partial charge on any atom is 0.573 e. The molecule has 1 aromatic rings. The van der Waals surface area contributed by atoms with E-state index in [1.807, 2.05) is 0 Å². The third kappa shape index (κ3) is 3.55. The highest BCUT2D eigenvalue weighted by molar-refractivity contribution is 5.97. The number of aliphatic imine (C=N–C) groups is 1. The predicted molar refractivity (Wildman–Crippen MR) is 45.6 cm³/mol. The Morgan fingerprint density at radius 2 is 2.06 bits per heavy atom. The van der Waals surface area contributed by atoms with E-state index >= 15 is 0 Å². The van der Waals surface area contributed by atoms with Crippen LogP contribution in [0.4, 0.5) is 13.2 Å². The Morgan fingerprint density at radius 1 is 1.38 bits per heavy atom. The Labute approximate surface area is 87.4 Å². The topological polar surface area (TPSA) is 55.7 Å². The van der Waals surface area contributed by atoms with E-state index in [9.17, 15) is 22.8 Å². The SMILES string of the molecule is O=C=NC(=O)c1cccc(OC(F)(F)F)c1. The lowest BCUT2D eigenvalue weighted by Gasteiger charge is -2.08. The number of ether oxygens (including phenoxy) is 1. The van der Waals surface area contributed by atoms with Gasteiger partial charge in [-0.2, -0.15) is 0 Å². The summed E-state index contributed by atoms with van der Waals surface area (Å²) in [5.41, 5.74) is -0.190. The number of amides is 1. The number of halogens is 3. The van der Waals surface area contributed by atoms with Crippen molar-refractivity contribution in [3.05, 3.63) is 29.8 Å². The van der Waals surface area contributed by atoms with Crippen molar-refractivity contribution in [2.24, 2.45) is 4.99 Å². The van der Waals surface area contributed by atoms with E-state index in [1.54, 1.807) is 0 Å². The van der Waals surface area contributed by atoms with Crippen molar-refractivity contribution in [3.8, 4) is 5.75 Å². The van der Waals surface area contributed by atoms with Gasteiger partial charge < -0.3 is 4.74 Å². The molecule has 0 aromatic heterocycles. The van der Waals surface area contributed by atoms with Gasteiger partial charge in [0.05, 0.1) is 0 Å². The Balaban J connectivity index is 2.95. The quantitative estimate of drug-likeness (QED) is 0.578. The molecule has 0 aliphatic heterocycles. The Morgan fingerprint density at radius 3 is 2.62 bits per heavy atom. The lowest BCUT2D eigenvalue weighted by molar-refractivity contribution is -0.274. The monoisotopic (exact) mass is 231 g/mol. The summed E-state index contributed by atoms with van der Waals surface area (Å²) in [6.45, 7) is 0. The molecule has 1 aromatic carbocycles. The molecular formula is C9H4F3NO3. The van der Waals surface area contributed by atoms with Crippen molar-refractivity contribution in [2.75, 3.05) is 0 Å². The van der Waals surface area contributed by atoms with E-state index in [1.165, 1.54) is 12.1 Å². The number of hydrogen-bond donors (Lipinski definition) is 0. The van der Waals surface area contributed by atoms with Crippen LogP contribution in [0.15, 0.2) is 29.3 Å². The van der Waals surface area contributed by atoms with Crippen molar-refractivity contribution in [1.82, 2.24) is 0 Å². The first-order valence-corrected chi connectivity index (χ1v) is 3.90. The molecule has 0 saturated carbocycles. The second-order valence-corrected chi connectivity index (χ2v) is 2.58. The summed E-state index contributed by atoms with van der Waals surface area (Å²) in [5.74, 6) is -1.54. The summed E-state index contributed by atoms with van der Waals surface area (Å²) in [7, 11) is 0. The third-order valence-electron chi connectivity index (χ3n) is 1.46. The average molecular weight is 231 g/mol. The molecular weight excluding hydrogens is 227 g/mol. The van der Waals surface area contributed by atoms with Gasteiger partial charge in [-0.15, -0.1) is 18.2 Å². The number of carbonyl (C=O) groups is 1. The highest BCUT2D eigenvalue weighted by atomic mass is 19.4. The van der Waals surface area contributed by atoms with Gasteiger partial charge in [0.2, 0.25) is 6.08 Å². The van der Waals surface area contributed by atoms with Crippen LogP contribution in [0.25, 0.3) is 0 Å². The van der Waals surface area contributed by atoms with Crippen LogP contribution in [0, 0.1) is 0 Å². The van der Waals surface area contributed by atoms with E-state index in [0.717, 1.165) is 18.2 Å². The van der Waals surface area contributed by atoms with Crippen LogP contribution in [0.5, 0.6) is 5.75 Å². The molecule has 0 aliphatic rings. The van der Waals surface area contributed by atoms with Crippen LogP contribution in [0.3, 0.4) is 0 Å². The average Bonchev–Trinajstić information content (AvgIpc) is 2.16. The van der Waals surface area contributed by atoms with E-state index in [-0.39, 0.29) is 5.56 Å². The first-order chi connectivity index (χ1) is 7.42. The number of nitrogens with zero attached hydrogens (tertiary/aromatic N) is 1. The predicted octanol–water partition coefficient (Wildman–Crippen LogP) is 2.06. The van der Waals surface area contributed by atoms with E-state index in [4.69, 9.17) is 0 Å².